The number of carbonyl (C=O) groups is 3. The predicted octanol–water partition coefficient (Wildman–Crippen LogP) is 6.18. The van der Waals surface area contributed by atoms with Crippen molar-refractivity contribution >= 4 is 48.3 Å². The Hall–Kier alpha value is -4.63. The first kappa shape index (κ1) is 35.4. The highest BCUT2D eigenvalue weighted by Crippen LogP contribution is 2.25. The number of hydrogen-bond acceptors (Lipinski definition) is 8. The summed E-state index contributed by atoms with van der Waals surface area (Å²) < 4.78 is 10.8. The maximum atomic E-state index is 11.9. The van der Waals surface area contributed by atoms with Gasteiger partial charge in [-0.3, -0.25) is 9.59 Å². The molecule has 0 unspecified atom stereocenters. The molecular formula is C32H29BBrO8. The number of hydrogen-bond donors (Lipinski definition) is 1. The van der Waals surface area contributed by atoms with E-state index >= 15 is 0 Å². The van der Waals surface area contributed by atoms with E-state index in [1.54, 1.807) is 49.4 Å². The number of esters is 1. The molecule has 4 aromatic carbocycles. The van der Waals surface area contributed by atoms with Crippen LogP contribution >= 0.6 is 15.9 Å². The van der Waals surface area contributed by atoms with Crippen molar-refractivity contribution in [2.45, 2.75) is 20.3 Å². The third-order valence-electron chi connectivity index (χ3n) is 5.27. The van der Waals surface area contributed by atoms with Crippen molar-refractivity contribution in [3.05, 3.63) is 124 Å². The minimum Gasteiger partial charge on any atom is -0.537 e. The summed E-state index contributed by atoms with van der Waals surface area (Å²) in [6.07, 6.45) is 2.77. The Morgan fingerprint density at radius 1 is 0.857 bits per heavy atom. The second-order valence-corrected chi connectivity index (χ2v) is 8.87. The normalized spacial score (nSPS) is 9.05. The second kappa shape index (κ2) is 21.2. The first-order valence-electron chi connectivity index (χ1n) is 12.6. The van der Waals surface area contributed by atoms with E-state index in [4.69, 9.17) is 24.0 Å². The molecule has 0 bridgehead atoms. The van der Waals surface area contributed by atoms with Gasteiger partial charge in [-0.15, -0.1) is 0 Å². The molecule has 4 rings (SSSR count). The summed E-state index contributed by atoms with van der Waals surface area (Å²) in [6.45, 7) is 4.15. The van der Waals surface area contributed by atoms with Crippen LogP contribution in [0, 0.1) is 0 Å². The molecule has 0 aliphatic rings. The third-order valence-corrected chi connectivity index (χ3v) is 5.77. The first-order valence-corrected chi connectivity index (χ1v) is 13.4. The molecule has 0 aliphatic heterocycles. The molecular weight excluding hydrogens is 603 g/mol. The van der Waals surface area contributed by atoms with Crippen molar-refractivity contribution in [2.75, 3.05) is 6.61 Å². The average molecular weight is 632 g/mol. The predicted molar refractivity (Wildman–Crippen MR) is 162 cm³/mol. The fourth-order valence-corrected chi connectivity index (χ4v) is 3.87. The molecule has 215 valence electrons. The van der Waals surface area contributed by atoms with Crippen LogP contribution in [0.1, 0.15) is 50.5 Å². The van der Waals surface area contributed by atoms with Gasteiger partial charge >= 0.3 is 19.8 Å². The molecule has 4 aromatic rings. The average Bonchev–Trinajstić information content (AvgIpc) is 3.02. The van der Waals surface area contributed by atoms with Crippen LogP contribution in [0.15, 0.2) is 102 Å². The fraction of sp³-hybridized carbons (Fsp3) is 0.125. The van der Waals surface area contributed by atoms with Crippen LogP contribution in [0.5, 0.6) is 5.75 Å². The van der Waals surface area contributed by atoms with E-state index in [0.29, 0.717) is 31.0 Å². The van der Waals surface area contributed by atoms with Crippen molar-refractivity contribution in [3.8, 4) is 16.9 Å². The topological polar surface area (TPSA) is 124 Å². The van der Waals surface area contributed by atoms with Crippen LogP contribution in [-0.4, -0.2) is 44.0 Å². The Kier molecular flexibility index (Phi) is 17.8. The van der Waals surface area contributed by atoms with Gasteiger partial charge in [-0.2, -0.15) is 9.59 Å². The van der Waals surface area contributed by atoms with Gasteiger partial charge in [-0.05, 0) is 60.4 Å². The summed E-state index contributed by atoms with van der Waals surface area (Å²) >= 11 is 3.24. The number of rotatable bonds is 8. The van der Waals surface area contributed by atoms with Crippen molar-refractivity contribution in [1.29, 1.82) is 0 Å². The van der Waals surface area contributed by atoms with E-state index < -0.39 is 0 Å². The number of aldehydes is 2. The molecule has 0 aliphatic carbocycles. The lowest BCUT2D eigenvalue weighted by atomic mass is 9.98. The van der Waals surface area contributed by atoms with E-state index in [1.165, 1.54) is 0 Å². The van der Waals surface area contributed by atoms with Crippen molar-refractivity contribution in [3.63, 3.8) is 0 Å². The zero-order valence-corrected chi connectivity index (χ0v) is 24.7. The number of halogens is 1. The van der Waals surface area contributed by atoms with Crippen LogP contribution in [0.4, 0.5) is 0 Å². The summed E-state index contributed by atoms with van der Waals surface area (Å²) in [5.41, 5.74) is 4.48. The Balaban J connectivity index is 0.000000325. The molecule has 0 saturated carbocycles. The minimum absolute atomic E-state index is 0.250. The van der Waals surface area contributed by atoms with E-state index in [0.717, 1.165) is 45.9 Å². The van der Waals surface area contributed by atoms with E-state index in [2.05, 4.69) is 15.9 Å². The molecule has 42 heavy (non-hydrogen) atoms. The van der Waals surface area contributed by atoms with Crippen molar-refractivity contribution < 1.29 is 38.4 Å². The number of para-hydroxylation sites is 1. The molecule has 1 radical (unpaired) electrons. The molecule has 10 heteroatoms. The molecule has 0 atom stereocenters. The fourth-order valence-electron chi connectivity index (χ4n) is 3.45. The summed E-state index contributed by atoms with van der Waals surface area (Å²) in [7, 11) is 0.703. The number of carbonyl (C=O) groups excluding carboxylic acids is 5. The number of aryl methyl sites for hydroxylation is 1. The van der Waals surface area contributed by atoms with Gasteiger partial charge in [0.1, 0.15) is 18.3 Å². The molecule has 0 saturated heterocycles. The van der Waals surface area contributed by atoms with Crippen LogP contribution in [0.3, 0.4) is 0 Å². The molecule has 1 N–H and O–H groups in total. The standard InChI is InChI=1S/C16H14O3.C8H10BO2.C7H5BrO.CO2/c1-2-19-16(18)15-9-4-3-8-14(15)13-7-5-6-12(10-13)11-17;1-2-7-5-3-4-6-8(7)11-9-10;8-7-3-1-2-6(4-7)5-9;2-1-3/h3-11H,2H2,1H3;3-6,10H,2H2,1H3;1-5H;. The van der Waals surface area contributed by atoms with Gasteiger partial charge in [-0.1, -0.05) is 89.6 Å². The van der Waals surface area contributed by atoms with Gasteiger partial charge in [0.15, 0.2) is 0 Å². The van der Waals surface area contributed by atoms with Gasteiger partial charge in [-0.25, -0.2) is 4.79 Å². The summed E-state index contributed by atoms with van der Waals surface area (Å²) in [5, 5.41) is 8.39. The monoisotopic (exact) mass is 631 g/mol. The molecule has 0 fully saturated rings. The second-order valence-electron chi connectivity index (χ2n) is 7.95. The molecule has 8 nitrogen and oxygen atoms in total. The summed E-state index contributed by atoms with van der Waals surface area (Å²) in [6, 6.07) is 29.2. The maximum Gasteiger partial charge on any atom is 0.569 e. The highest BCUT2D eigenvalue weighted by Gasteiger charge is 2.13. The zero-order chi connectivity index (χ0) is 31.2. The highest BCUT2D eigenvalue weighted by atomic mass is 79.9. The SMILES string of the molecule is CCOC(=O)c1ccccc1-c1cccc(C=O)c1.CCc1ccccc1O[B]O.O=C=O.O=Cc1cccc(Br)c1. The smallest absolute Gasteiger partial charge is 0.537 e. The lowest BCUT2D eigenvalue weighted by molar-refractivity contribution is -0.191. The first-order chi connectivity index (χ1) is 20.4. The zero-order valence-electron chi connectivity index (χ0n) is 23.1. The van der Waals surface area contributed by atoms with E-state index in [-0.39, 0.29) is 12.1 Å². The van der Waals surface area contributed by atoms with Crippen LogP contribution in [0.25, 0.3) is 11.1 Å². The Bertz CT molecular complexity index is 1450. The number of benzene rings is 4. The molecule has 0 amide bonds. The van der Waals surface area contributed by atoms with Gasteiger partial charge in [0.25, 0.3) is 0 Å². The number of ether oxygens (including phenoxy) is 1. The largest absolute Gasteiger partial charge is 0.569 e. The lowest BCUT2D eigenvalue weighted by Crippen LogP contribution is -2.06. The molecule has 0 heterocycles. The van der Waals surface area contributed by atoms with Crippen LogP contribution in [0.2, 0.25) is 0 Å². The van der Waals surface area contributed by atoms with Crippen LogP contribution < -0.4 is 4.65 Å². The van der Waals surface area contributed by atoms with Gasteiger partial charge in [0.05, 0.1) is 12.2 Å². The van der Waals surface area contributed by atoms with E-state index in [1.807, 2.05) is 61.5 Å². The van der Waals surface area contributed by atoms with Gasteiger partial charge in [0, 0.05) is 15.6 Å². The van der Waals surface area contributed by atoms with E-state index in [9.17, 15) is 14.4 Å². The van der Waals surface area contributed by atoms with Crippen molar-refractivity contribution in [1.82, 2.24) is 0 Å². The maximum absolute atomic E-state index is 11.9. The highest BCUT2D eigenvalue weighted by molar-refractivity contribution is 9.10. The van der Waals surface area contributed by atoms with Crippen molar-refractivity contribution in [2.24, 2.45) is 0 Å². The Morgan fingerprint density at radius 3 is 2.02 bits per heavy atom. The van der Waals surface area contributed by atoms with Crippen LogP contribution in [-0.2, 0) is 20.7 Å². The third kappa shape index (κ3) is 12.7. The Morgan fingerprint density at radius 2 is 1.45 bits per heavy atom. The summed E-state index contributed by atoms with van der Waals surface area (Å²) in [4.78, 5) is 49.1. The Labute approximate surface area is 253 Å². The lowest BCUT2D eigenvalue weighted by Gasteiger charge is -2.09. The molecule has 0 spiro atoms. The quantitative estimate of drug-likeness (QED) is 0.139. The minimum atomic E-state index is -0.352. The van der Waals surface area contributed by atoms with Gasteiger partial charge in [0.2, 0.25) is 0 Å². The van der Waals surface area contributed by atoms with Gasteiger partial charge < -0.3 is 14.4 Å². The summed E-state index contributed by atoms with van der Waals surface area (Å²) in [5.74, 6) is 0.368. The molecule has 0 aromatic heterocycles.